The molecule has 1 aliphatic heterocycles. The maximum atomic E-state index is 10.5. The Balaban J connectivity index is 0.000000487. The summed E-state index contributed by atoms with van der Waals surface area (Å²) in [6, 6.07) is -0.466. The van der Waals surface area contributed by atoms with Crippen molar-refractivity contribution in [3.05, 3.63) is 0 Å². The lowest BCUT2D eigenvalue weighted by Crippen LogP contribution is -2.29. The molecule has 0 radical (unpaired) electrons. The second kappa shape index (κ2) is 8.71. The summed E-state index contributed by atoms with van der Waals surface area (Å²) in [5.41, 5.74) is 4.71. The fourth-order valence-corrected chi connectivity index (χ4v) is 1.18. The average Bonchev–Trinajstić information content (AvgIpc) is 2.62. The highest BCUT2D eigenvalue weighted by Gasteiger charge is 2.29. The number of ether oxygens (including phenoxy) is 2. The van der Waals surface area contributed by atoms with Gasteiger partial charge in [-0.2, -0.15) is 0 Å². The Morgan fingerprint density at radius 2 is 2.31 bits per heavy atom. The van der Waals surface area contributed by atoms with Gasteiger partial charge in [0, 0.05) is 20.1 Å². The highest BCUT2D eigenvalue weighted by molar-refractivity contribution is 8.10. The zero-order chi connectivity index (χ0) is 12.6. The van der Waals surface area contributed by atoms with Crippen LogP contribution in [0.4, 0.5) is 0 Å². The van der Waals surface area contributed by atoms with Crippen molar-refractivity contribution in [2.45, 2.75) is 18.6 Å². The van der Waals surface area contributed by atoms with Gasteiger partial charge < -0.3 is 25.6 Å². The SMILES string of the molecule is COCO[C@H]1CN[C@H](C(=O)O)C1.NC(=S)S. The van der Waals surface area contributed by atoms with Gasteiger partial charge in [0.25, 0.3) is 0 Å². The average molecular weight is 268 g/mol. The van der Waals surface area contributed by atoms with Gasteiger partial charge in [0.05, 0.1) is 6.10 Å². The number of rotatable bonds is 4. The van der Waals surface area contributed by atoms with Crippen LogP contribution in [0.5, 0.6) is 0 Å². The molecule has 1 heterocycles. The summed E-state index contributed by atoms with van der Waals surface area (Å²) in [7, 11) is 1.54. The highest BCUT2D eigenvalue weighted by Crippen LogP contribution is 2.10. The topological polar surface area (TPSA) is 93.8 Å². The number of thiocarbonyl (C=S) groups is 1. The van der Waals surface area contributed by atoms with Crippen LogP contribution in [0.3, 0.4) is 0 Å². The van der Waals surface area contributed by atoms with Crippen LogP contribution in [-0.4, -0.2) is 48.0 Å². The molecule has 2 atom stereocenters. The van der Waals surface area contributed by atoms with E-state index >= 15 is 0 Å². The molecule has 1 rings (SSSR count). The van der Waals surface area contributed by atoms with Crippen molar-refractivity contribution < 1.29 is 19.4 Å². The van der Waals surface area contributed by atoms with Crippen molar-refractivity contribution in [1.82, 2.24) is 5.32 Å². The van der Waals surface area contributed by atoms with Gasteiger partial charge in [-0.05, 0) is 0 Å². The van der Waals surface area contributed by atoms with Gasteiger partial charge in [0.1, 0.15) is 17.2 Å². The van der Waals surface area contributed by atoms with Gasteiger partial charge in [-0.25, -0.2) is 0 Å². The highest BCUT2D eigenvalue weighted by atomic mass is 32.1. The summed E-state index contributed by atoms with van der Waals surface area (Å²) in [5, 5.41) is 11.4. The van der Waals surface area contributed by atoms with E-state index in [2.05, 4.69) is 30.2 Å². The minimum atomic E-state index is -0.821. The van der Waals surface area contributed by atoms with Crippen molar-refractivity contribution in [1.29, 1.82) is 0 Å². The van der Waals surface area contributed by atoms with Crippen LogP contribution < -0.4 is 11.1 Å². The minimum absolute atomic E-state index is 0.0361. The molecule has 0 aromatic heterocycles. The van der Waals surface area contributed by atoms with E-state index in [1.165, 1.54) is 7.11 Å². The maximum Gasteiger partial charge on any atom is 0.320 e. The van der Waals surface area contributed by atoms with E-state index in [9.17, 15) is 4.79 Å². The Labute approximate surface area is 105 Å². The summed E-state index contributed by atoms with van der Waals surface area (Å²) < 4.78 is 10.1. The Morgan fingerprint density at radius 3 is 2.69 bits per heavy atom. The van der Waals surface area contributed by atoms with Gasteiger partial charge in [-0.1, -0.05) is 12.2 Å². The second-order valence-corrected chi connectivity index (χ2v) is 4.29. The number of aliphatic carboxylic acids is 1. The van der Waals surface area contributed by atoms with Crippen molar-refractivity contribution in [3.63, 3.8) is 0 Å². The number of hydrogen-bond donors (Lipinski definition) is 4. The first-order chi connectivity index (χ1) is 7.47. The Morgan fingerprint density at radius 1 is 1.75 bits per heavy atom. The summed E-state index contributed by atoms with van der Waals surface area (Å²) >= 11 is 7.65. The number of nitrogens with one attached hydrogen (secondary N) is 1. The van der Waals surface area contributed by atoms with E-state index in [-0.39, 0.29) is 17.2 Å². The zero-order valence-corrected chi connectivity index (χ0v) is 10.6. The third kappa shape index (κ3) is 7.83. The number of carbonyl (C=O) groups is 1. The molecule has 0 spiro atoms. The number of methoxy groups -OCH3 is 1. The molecule has 0 aromatic carbocycles. The molecule has 0 aliphatic carbocycles. The van der Waals surface area contributed by atoms with Crippen LogP contribution >= 0.6 is 24.8 Å². The van der Waals surface area contributed by atoms with Crippen molar-refractivity contribution >= 4 is 35.1 Å². The molecule has 16 heavy (non-hydrogen) atoms. The Bertz CT molecular complexity index is 236. The van der Waals surface area contributed by atoms with Crippen molar-refractivity contribution in [2.24, 2.45) is 5.73 Å². The van der Waals surface area contributed by atoms with E-state index < -0.39 is 12.0 Å². The quantitative estimate of drug-likeness (QED) is 0.312. The molecular weight excluding hydrogens is 252 g/mol. The molecule has 6 nitrogen and oxygen atoms in total. The van der Waals surface area contributed by atoms with Gasteiger partial charge in [0.15, 0.2) is 0 Å². The Hall–Kier alpha value is -0.410. The van der Waals surface area contributed by atoms with Gasteiger partial charge >= 0.3 is 5.97 Å². The van der Waals surface area contributed by atoms with Crippen molar-refractivity contribution in [3.8, 4) is 0 Å². The Kier molecular flexibility index (Phi) is 8.49. The summed E-state index contributed by atoms with van der Waals surface area (Å²) in [5.74, 6) is -0.821. The van der Waals surface area contributed by atoms with Crippen LogP contribution in [0.2, 0.25) is 0 Å². The summed E-state index contributed by atoms with van der Waals surface area (Å²) in [6.07, 6.45) is 0.477. The fraction of sp³-hybridized carbons (Fsp3) is 0.750. The molecule has 0 saturated carbocycles. The molecule has 1 fully saturated rings. The largest absolute Gasteiger partial charge is 0.480 e. The van der Waals surface area contributed by atoms with Gasteiger partial charge in [-0.3, -0.25) is 4.79 Å². The molecular formula is C8H16N2O4S2. The standard InChI is InChI=1S/C7H13NO4.CH3NS2/c1-11-4-12-5-2-6(7(9)10)8-3-5;2-1(3)4/h5-6,8H,2-4H2,1H3,(H,9,10);(H3,2,3,4)/t5-,6+;/m1./s1. The van der Waals surface area contributed by atoms with E-state index in [0.29, 0.717) is 13.0 Å². The third-order valence-corrected chi connectivity index (χ3v) is 1.81. The molecule has 94 valence electrons. The lowest BCUT2D eigenvalue weighted by molar-refractivity contribution is -0.139. The molecule has 0 amide bonds. The summed E-state index contributed by atoms with van der Waals surface area (Å²) in [4.78, 5) is 10.5. The van der Waals surface area contributed by atoms with E-state index in [1.807, 2.05) is 0 Å². The van der Waals surface area contributed by atoms with Crippen molar-refractivity contribution in [2.75, 3.05) is 20.4 Å². The fourth-order valence-electron chi connectivity index (χ4n) is 1.18. The van der Waals surface area contributed by atoms with E-state index in [0.717, 1.165) is 0 Å². The number of hydrogen-bond acceptors (Lipinski definition) is 5. The molecule has 1 aliphatic rings. The molecule has 0 bridgehead atoms. The lowest BCUT2D eigenvalue weighted by Gasteiger charge is -2.08. The number of carboxylic acids is 1. The number of thiol groups is 1. The summed E-state index contributed by atoms with van der Waals surface area (Å²) in [6.45, 7) is 0.805. The minimum Gasteiger partial charge on any atom is -0.480 e. The van der Waals surface area contributed by atoms with Crippen LogP contribution in [0.25, 0.3) is 0 Å². The van der Waals surface area contributed by atoms with E-state index in [1.54, 1.807) is 0 Å². The van der Waals surface area contributed by atoms with Crippen LogP contribution in [0.15, 0.2) is 0 Å². The number of carboxylic acid groups (broad SMARTS) is 1. The molecule has 8 heteroatoms. The van der Waals surface area contributed by atoms with Gasteiger partial charge in [0.2, 0.25) is 0 Å². The van der Waals surface area contributed by atoms with Crippen LogP contribution in [0.1, 0.15) is 6.42 Å². The molecule has 4 N–H and O–H groups in total. The monoisotopic (exact) mass is 268 g/mol. The van der Waals surface area contributed by atoms with E-state index in [4.69, 9.17) is 20.3 Å². The molecule has 1 saturated heterocycles. The van der Waals surface area contributed by atoms with Gasteiger partial charge in [-0.15, -0.1) is 12.6 Å². The first-order valence-corrected chi connectivity index (χ1v) is 5.38. The first kappa shape index (κ1) is 15.6. The predicted octanol–water partition coefficient (Wildman–Crippen LogP) is -0.418. The first-order valence-electron chi connectivity index (χ1n) is 4.52. The molecule has 0 aromatic rings. The third-order valence-electron chi connectivity index (χ3n) is 1.81. The predicted molar refractivity (Wildman–Crippen MR) is 66.6 cm³/mol. The second-order valence-electron chi connectivity index (χ2n) is 3.07. The maximum absolute atomic E-state index is 10.5. The molecule has 0 unspecified atom stereocenters. The number of nitrogens with two attached hydrogens (primary N) is 1. The van der Waals surface area contributed by atoms with Crippen LogP contribution in [-0.2, 0) is 14.3 Å². The lowest BCUT2D eigenvalue weighted by atomic mass is 10.2. The smallest absolute Gasteiger partial charge is 0.320 e. The zero-order valence-electron chi connectivity index (χ0n) is 8.88. The normalized spacial score (nSPS) is 23.4. The van der Waals surface area contributed by atoms with Crippen LogP contribution in [0, 0.1) is 0 Å².